The standard InChI is InChI=1S/C16H23ClN2O2/c1-2-21-15-7-4-3-6-14(15)16(20)19-10-5-9-18(11-8-17)12-13-19/h3-4,6-7H,2,5,8-13H2,1H3. The second kappa shape index (κ2) is 8.25. The van der Waals surface area contributed by atoms with E-state index < -0.39 is 0 Å². The molecule has 1 amide bonds. The molecule has 0 aromatic heterocycles. The Bertz CT molecular complexity index is 467. The number of benzene rings is 1. The van der Waals surface area contributed by atoms with Crippen LogP contribution in [0.3, 0.4) is 0 Å². The molecule has 1 aromatic carbocycles. The summed E-state index contributed by atoms with van der Waals surface area (Å²) in [6.07, 6.45) is 0.986. The zero-order valence-corrected chi connectivity index (χ0v) is 13.3. The second-order valence-electron chi connectivity index (χ2n) is 5.11. The number of carbonyl (C=O) groups is 1. The Morgan fingerprint density at radius 3 is 2.81 bits per heavy atom. The number of hydrogen-bond acceptors (Lipinski definition) is 3. The van der Waals surface area contributed by atoms with E-state index in [0.29, 0.717) is 23.8 Å². The van der Waals surface area contributed by atoms with Crippen molar-refractivity contribution in [2.75, 3.05) is 45.2 Å². The van der Waals surface area contributed by atoms with Crippen molar-refractivity contribution in [3.8, 4) is 5.75 Å². The van der Waals surface area contributed by atoms with Crippen molar-refractivity contribution in [3.63, 3.8) is 0 Å². The first-order valence-corrected chi connectivity index (χ1v) is 8.09. The van der Waals surface area contributed by atoms with Gasteiger partial charge in [-0.3, -0.25) is 4.79 Å². The second-order valence-corrected chi connectivity index (χ2v) is 5.48. The van der Waals surface area contributed by atoms with Crippen molar-refractivity contribution >= 4 is 17.5 Å². The molecule has 1 aliphatic rings. The molecule has 0 saturated carbocycles. The predicted octanol–water partition coefficient (Wildman–Crippen LogP) is 2.47. The molecular formula is C16H23ClN2O2. The van der Waals surface area contributed by atoms with Crippen LogP contribution in [0.4, 0.5) is 0 Å². The number of rotatable bonds is 5. The van der Waals surface area contributed by atoms with Crippen LogP contribution in [0, 0.1) is 0 Å². The van der Waals surface area contributed by atoms with Crippen LogP contribution in [0.1, 0.15) is 23.7 Å². The lowest BCUT2D eigenvalue weighted by Crippen LogP contribution is -2.35. The average Bonchev–Trinajstić information content (AvgIpc) is 2.74. The van der Waals surface area contributed by atoms with Crippen molar-refractivity contribution in [2.45, 2.75) is 13.3 Å². The third kappa shape index (κ3) is 4.35. The molecular weight excluding hydrogens is 288 g/mol. The van der Waals surface area contributed by atoms with Gasteiger partial charge in [-0.25, -0.2) is 0 Å². The zero-order valence-electron chi connectivity index (χ0n) is 12.6. The highest BCUT2D eigenvalue weighted by Gasteiger charge is 2.22. The summed E-state index contributed by atoms with van der Waals surface area (Å²) in [6.45, 7) is 6.80. The number of ether oxygens (including phenoxy) is 1. The summed E-state index contributed by atoms with van der Waals surface area (Å²) in [4.78, 5) is 17.0. The SMILES string of the molecule is CCOc1ccccc1C(=O)N1CCCN(CCCl)CC1. The maximum atomic E-state index is 12.7. The molecule has 0 unspecified atom stereocenters. The van der Waals surface area contributed by atoms with Gasteiger partial charge in [0.2, 0.25) is 0 Å². The number of para-hydroxylation sites is 1. The van der Waals surface area contributed by atoms with E-state index in [4.69, 9.17) is 16.3 Å². The predicted molar refractivity (Wildman–Crippen MR) is 85.3 cm³/mol. The average molecular weight is 311 g/mol. The third-order valence-corrected chi connectivity index (χ3v) is 3.86. The summed E-state index contributed by atoms with van der Waals surface area (Å²) < 4.78 is 5.56. The van der Waals surface area contributed by atoms with Crippen LogP contribution < -0.4 is 4.74 Å². The Morgan fingerprint density at radius 2 is 2.05 bits per heavy atom. The first-order chi connectivity index (χ1) is 10.3. The van der Waals surface area contributed by atoms with Crippen LogP contribution in [0.5, 0.6) is 5.75 Å². The third-order valence-electron chi connectivity index (χ3n) is 3.69. The van der Waals surface area contributed by atoms with Crippen LogP contribution in [0.2, 0.25) is 0 Å². The Hall–Kier alpha value is -1.26. The van der Waals surface area contributed by atoms with E-state index in [1.807, 2.05) is 36.1 Å². The number of alkyl halides is 1. The number of hydrogen-bond donors (Lipinski definition) is 0. The largest absolute Gasteiger partial charge is 0.493 e. The summed E-state index contributed by atoms with van der Waals surface area (Å²) >= 11 is 5.80. The molecule has 0 aliphatic carbocycles. The quantitative estimate of drug-likeness (QED) is 0.783. The Labute approximate surface area is 131 Å². The lowest BCUT2D eigenvalue weighted by molar-refractivity contribution is 0.0757. The van der Waals surface area contributed by atoms with E-state index >= 15 is 0 Å². The van der Waals surface area contributed by atoms with E-state index in [1.54, 1.807) is 0 Å². The first-order valence-electron chi connectivity index (χ1n) is 7.55. The Balaban J connectivity index is 2.06. The summed E-state index contributed by atoms with van der Waals surface area (Å²) in [5, 5.41) is 0. The molecule has 2 rings (SSSR count). The molecule has 0 spiro atoms. The Morgan fingerprint density at radius 1 is 1.24 bits per heavy atom. The van der Waals surface area contributed by atoms with Gasteiger partial charge < -0.3 is 14.5 Å². The maximum absolute atomic E-state index is 12.7. The van der Waals surface area contributed by atoms with Crippen LogP contribution in [0.25, 0.3) is 0 Å². The number of amides is 1. The van der Waals surface area contributed by atoms with Gasteiger partial charge in [0.05, 0.1) is 12.2 Å². The molecule has 0 N–H and O–H groups in total. The minimum Gasteiger partial charge on any atom is -0.493 e. The van der Waals surface area contributed by atoms with E-state index in [9.17, 15) is 4.79 Å². The van der Waals surface area contributed by atoms with Crippen molar-refractivity contribution < 1.29 is 9.53 Å². The molecule has 4 nitrogen and oxygen atoms in total. The van der Waals surface area contributed by atoms with E-state index in [2.05, 4.69) is 4.90 Å². The van der Waals surface area contributed by atoms with Crippen LogP contribution in [-0.4, -0.2) is 60.9 Å². The fraction of sp³-hybridized carbons (Fsp3) is 0.562. The van der Waals surface area contributed by atoms with Crippen molar-refractivity contribution in [1.82, 2.24) is 9.80 Å². The monoisotopic (exact) mass is 310 g/mol. The molecule has 1 saturated heterocycles. The van der Waals surface area contributed by atoms with Gasteiger partial charge in [0.25, 0.3) is 5.91 Å². The fourth-order valence-electron chi connectivity index (χ4n) is 2.61. The molecule has 5 heteroatoms. The van der Waals surface area contributed by atoms with Crippen LogP contribution in [-0.2, 0) is 0 Å². The van der Waals surface area contributed by atoms with Gasteiger partial charge in [-0.2, -0.15) is 0 Å². The fourth-order valence-corrected chi connectivity index (χ4v) is 2.85. The number of carbonyl (C=O) groups excluding carboxylic acids is 1. The van der Waals surface area contributed by atoms with Gasteiger partial charge in [0.1, 0.15) is 5.75 Å². The number of halogens is 1. The summed E-state index contributed by atoms with van der Waals surface area (Å²) in [6, 6.07) is 7.48. The minimum atomic E-state index is 0.0618. The molecule has 1 heterocycles. The summed E-state index contributed by atoms with van der Waals surface area (Å²) in [7, 11) is 0. The zero-order chi connectivity index (χ0) is 15.1. The molecule has 1 aromatic rings. The molecule has 0 bridgehead atoms. The van der Waals surface area contributed by atoms with Crippen molar-refractivity contribution in [1.29, 1.82) is 0 Å². The van der Waals surface area contributed by atoms with Crippen molar-refractivity contribution in [2.24, 2.45) is 0 Å². The van der Waals surface area contributed by atoms with Gasteiger partial charge in [-0.1, -0.05) is 12.1 Å². The van der Waals surface area contributed by atoms with Gasteiger partial charge >= 0.3 is 0 Å². The first kappa shape index (κ1) is 16.1. The number of nitrogens with zero attached hydrogens (tertiary/aromatic N) is 2. The van der Waals surface area contributed by atoms with Gasteiger partial charge in [-0.05, 0) is 32.0 Å². The van der Waals surface area contributed by atoms with Gasteiger partial charge in [0, 0.05) is 32.1 Å². The summed E-state index contributed by atoms with van der Waals surface area (Å²) in [5.41, 5.74) is 0.658. The highest BCUT2D eigenvalue weighted by atomic mass is 35.5. The maximum Gasteiger partial charge on any atom is 0.257 e. The molecule has 21 heavy (non-hydrogen) atoms. The molecule has 1 fully saturated rings. The lowest BCUT2D eigenvalue weighted by Gasteiger charge is -2.22. The highest BCUT2D eigenvalue weighted by Crippen LogP contribution is 2.20. The minimum absolute atomic E-state index is 0.0618. The molecule has 116 valence electrons. The normalized spacial score (nSPS) is 16.6. The Kier molecular flexibility index (Phi) is 6.33. The lowest BCUT2D eigenvalue weighted by atomic mass is 10.1. The van der Waals surface area contributed by atoms with E-state index in [1.165, 1.54) is 0 Å². The van der Waals surface area contributed by atoms with Crippen LogP contribution in [0.15, 0.2) is 24.3 Å². The van der Waals surface area contributed by atoms with E-state index in [0.717, 1.165) is 39.1 Å². The summed E-state index contributed by atoms with van der Waals surface area (Å²) in [5.74, 6) is 1.37. The molecule has 1 aliphatic heterocycles. The van der Waals surface area contributed by atoms with Crippen molar-refractivity contribution in [3.05, 3.63) is 29.8 Å². The topological polar surface area (TPSA) is 32.8 Å². The smallest absolute Gasteiger partial charge is 0.257 e. The van der Waals surface area contributed by atoms with Gasteiger partial charge in [-0.15, -0.1) is 11.6 Å². The van der Waals surface area contributed by atoms with Crippen LogP contribution >= 0.6 is 11.6 Å². The van der Waals surface area contributed by atoms with Gasteiger partial charge in [0.15, 0.2) is 0 Å². The molecule has 0 radical (unpaired) electrons. The highest BCUT2D eigenvalue weighted by molar-refractivity contribution is 6.18. The van der Waals surface area contributed by atoms with E-state index in [-0.39, 0.29) is 5.91 Å². The molecule has 0 atom stereocenters.